The van der Waals surface area contributed by atoms with Gasteiger partial charge in [-0.3, -0.25) is 9.59 Å². The van der Waals surface area contributed by atoms with E-state index in [9.17, 15) is 9.59 Å². The average Bonchev–Trinajstić information content (AvgIpc) is 3.17. The lowest BCUT2D eigenvalue weighted by atomic mass is 10.1. The summed E-state index contributed by atoms with van der Waals surface area (Å²) in [5.74, 6) is -0.726. The number of aromatic nitrogens is 3. The van der Waals surface area contributed by atoms with E-state index < -0.39 is 0 Å². The van der Waals surface area contributed by atoms with Crippen LogP contribution in [-0.2, 0) is 0 Å². The Balaban J connectivity index is 1.72. The van der Waals surface area contributed by atoms with Gasteiger partial charge in [-0.15, -0.1) is 0 Å². The van der Waals surface area contributed by atoms with Crippen molar-refractivity contribution in [1.82, 2.24) is 14.8 Å². The second-order valence-electron chi connectivity index (χ2n) is 7.00. The van der Waals surface area contributed by atoms with Crippen molar-refractivity contribution in [1.29, 1.82) is 0 Å². The number of halogens is 1. The van der Waals surface area contributed by atoms with E-state index in [1.807, 2.05) is 38.1 Å². The number of benzene rings is 2. The summed E-state index contributed by atoms with van der Waals surface area (Å²) in [7, 11) is 0. The van der Waals surface area contributed by atoms with Crippen LogP contribution in [-0.4, -0.2) is 26.6 Å². The SMILES string of the molecule is Cc1cccc(-n2nc(C)c3c4c(cnc32)C(=O)N(c2ccc(Br)cc2)C4=O)c1. The van der Waals surface area contributed by atoms with E-state index in [0.717, 1.165) is 15.7 Å². The summed E-state index contributed by atoms with van der Waals surface area (Å²) in [6, 6.07) is 15.0. The molecule has 5 rings (SSSR count). The van der Waals surface area contributed by atoms with E-state index in [0.29, 0.717) is 33.5 Å². The second kappa shape index (κ2) is 6.35. The number of anilines is 1. The van der Waals surface area contributed by atoms with Crippen molar-refractivity contribution in [3.05, 3.63) is 81.6 Å². The Morgan fingerprint density at radius 3 is 2.41 bits per heavy atom. The molecule has 0 atom stereocenters. The highest BCUT2D eigenvalue weighted by molar-refractivity contribution is 9.10. The van der Waals surface area contributed by atoms with Gasteiger partial charge in [0.2, 0.25) is 0 Å². The minimum Gasteiger partial charge on any atom is -0.268 e. The number of aryl methyl sites for hydroxylation is 2. The minimum atomic E-state index is -0.371. The number of imide groups is 1. The first-order valence-corrected chi connectivity index (χ1v) is 9.85. The number of pyridine rings is 1. The Labute approximate surface area is 174 Å². The zero-order chi connectivity index (χ0) is 20.3. The van der Waals surface area contributed by atoms with Crippen molar-refractivity contribution in [2.45, 2.75) is 13.8 Å². The van der Waals surface area contributed by atoms with Crippen molar-refractivity contribution in [2.75, 3.05) is 4.90 Å². The molecule has 6 nitrogen and oxygen atoms in total. The molecule has 2 aromatic carbocycles. The van der Waals surface area contributed by atoms with Crippen molar-refractivity contribution in [2.24, 2.45) is 0 Å². The van der Waals surface area contributed by atoms with Gasteiger partial charge in [-0.25, -0.2) is 14.6 Å². The van der Waals surface area contributed by atoms with Gasteiger partial charge in [-0.2, -0.15) is 5.10 Å². The van der Waals surface area contributed by atoms with Crippen LogP contribution in [0.3, 0.4) is 0 Å². The average molecular weight is 447 g/mol. The van der Waals surface area contributed by atoms with Crippen molar-refractivity contribution in [3.63, 3.8) is 0 Å². The lowest BCUT2D eigenvalue weighted by Gasteiger charge is -2.13. The van der Waals surface area contributed by atoms with Crippen LogP contribution >= 0.6 is 15.9 Å². The van der Waals surface area contributed by atoms with Crippen molar-refractivity contribution < 1.29 is 9.59 Å². The summed E-state index contributed by atoms with van der Waals surface area (Å²) < 4.78 is 2.59. The highest BCUT2D eigenvalue weighted by atomic mass is 79.9. The van der Waals surface area contributed by atoms with Gasteiger partial charge in [0.25, 0.3) is 11.8 Å². The third kappa shape index (κ3) is 2.61. The molecule has 0 bridgehead atoms. The topological polar surface area (TPSA) is 68.1 Å². The highest BCUT2D eigenvalue weighted by Crippen LogP contribution is 2.34. The number of carbonyl (C=O) groups excluding carboxylic acids is 2. The zero-order valence-electron chi connectivity index (χ0n) is 15.7. The standard InChI is InChI=1S/C22H15BrN4O2/c1-12-4-3-5-16(10-12)27-20-18(13(2)25-27)19-17(11-24-20)21(28)26(22(19)29)15-8-6-14(23)7-9-15/h3-11H,1-2H3. The molecule has 0 N–H and O–H groups in total. The van der Waals surface area contributed by atoms with Gasteiger partial charge in [0.1, 0.15) is 0 Å². The lowest BCUT2D eigenvalue weighted by Crippen LogP contribution is -2.29. The molecule has 7 heteroatoms. The molecule has 29 heavy (non-hydrogen) atoms. The molecular weight excluding hydrogens is 432 g/mol. The van der Waals surface area contributed by atoms with Crippen LogP contribution < -0.4 is 4.90 Å². The third-order valence-electron chi connectivity index (χ3n) is 5.05. The molecule has 1 aliphatic rings. The van der Waals surface area contributed by atoms with E-state index in [2.05, 4.69) is 26.0 Å². The highest BCUT2D eigenvalue weighted by Gasteiger charge is 2.40. The number of carbonyl (C=O) groups is 2. The largest absolute Gasteiger partial charge is 0.268 e. The molecular formula is C22H15BrN4O2. The maximum atomic E-state index is 13.3. The fourth-order valence-corrected chi connectivity index (χ4v) is 3.99. The van der Waals surface area contributed by atoms with Gasteiger partial charge in [-0.1, -0.05) is 28.1 Å². The molecule has 2 amide bonds. The van der Waals surface area contributed by atoms with E-state index in [4.69, 9.17) is 0 Å². The van der Waals surface area contributed by atoms with Gasteiger partial charge < -0.3 is 0 Å². The van der Waals surface area contributed by atoms with E-state index >= 15 is 0 Å². The molecule has 0 saturated heterocycles. The smallest absolute Gasteiger partial charge is 0.267 e. The summed E-state index contributed by atoms with van der Waals surface area (Å²) in [6.45, 7) is 3.84. The molecule has 142 valence electrons. The molecule has 4 aromatic rings. The number of nitrogens with zero attached hydrogens (tertiary/aromatic N) is 4. The molecule has 3 heterocycles. The Kier molecular flexibility index (Phi) is 3.89. The van der Waals surface area contributed by atoms with Crippen LogP contribution in [0, 0.1) is 13.8 Å². The molecule has 0 spiro atoms. The summed E-state index contributed by atoms with van der Waals surface area (Å²) in [5, 5.41) is 5.23. The Morgan fingerprint density at radius 2 is 1.69 bits per heavy atom. The predicted octanol–water partition coefficient (Wildman–Crippen LogP) is 4.60. The van der Waals surface area contributed by atoms with Crippen molar-refractivity contribution >= 4 is 44.5 Å². The number of rotatable bonds is 2. The molecule has 0 unspecified atom stereocenters. The number of hydrogen-bond acceptors (Lipinski definition) is 4. The zero-order valence-corrected chi connectivity index (χ0v) is 17.3. The number of amides is 2. The van der Waals surface area contributed by atoms with Crippen LogP contribution in [0.15, 0.2) is 59.2 Å². The first-order valence-electron chi connectivity index (χ1n) is 9.05. The maximum absolute atomic E-state index is 13.3. The van der Waals surface area contributed by atoms with Crippen LogP contribution in [0.1, 0.15) is 32.0 Å². The molecule has 1 aliphatic heterocycles. The lowest BCUT2D eigenvalue weighted by molar-refractivity contribution is 0.0926. The summed E-state index contributed by atoms with van der Waals surface area (Å²) in [6.07, 6.45) is 1.48. The molecule has 0 saturated carbocycles. The van der Waals surface area contributed by atoms with E-state index in [1.54, 1.807) is 28.9 Å². The monoisotopic (exact) mass is 446 g/mol. The summed E-state index contributed by atoms with van der Waals surface area (Å²) in [5.41, 5.74) is 4.36. The summed E-state index contributed by atoms with van der Waals surface area (Å²) >= 11 is 3.38. The van der Waals surface area contributed by atoms with Gasteiger partial charge in [0, 0.05) is 10.7 Å². The number of fused-ring (bicyclic) bond motifs is 3. The van der Waals surface area contributed by atoms with Crippen LogP contribution in [0.25, 0.3) is 16.7 Å². The Hall–Kier alpha value is -3.32. The molecule has 0 radical (unpaired) electrons. The maximum Gasteiger partial charge on any atom is 0.267 e. The Morgan fingerprint density at radius 1 is 0.931 bits per heavy atom. The fourth-order valence-electron chi connectivity index (χ4n) is 3.73. The molecule has 2 aromatic heterocycles. The third-order valence-corrected chi connectivity index (χ3v) is 5.58. The molecule has 0 aliphatic carbocycles. The van der Waals surface area contributed by atoms with Crippen LogP contribution in [0.4, 0.5) is 5.69 Å². The van der Waals surface area contributed by atoms with Gasteiger partial charge in [0.15, 0.2) is 5.65 Å². The van der Waals surface area contributed by atoms with Crippen LogP contribution in [0.2, 0.25) is 0 Å². The van der Waals surface area contributed by atoms with Crippen LogP contribution in [0.5, 0.6) is 0 Å². The summed E-state index contributed by atoms with van der Waals surface area (Å²) in [4.78, 5) is 32.0. The van der Waals surface area contributed by atoms with Gasteiger partial charge in [0.05, 0.1) is 33.6 Å². The second-order valence-corrected chi connectivity index (χ2v) is 7.92. The Bertz CT molecular complexity index is 1320. The molecule has 0 fully saturated rings. The fraction of sp³-hybridized carbons (Fsp3) is 0.0909. The predicted molar refractivity (Wildman–Crippen MR) is 114 cm³/mol. The van der Waals surface area contributed by atoms with E-state index in [-0.39, 0.29) is 11.8 Å². The van der Waals surface area contributed by atoms with E-state index in [1.165, 1.54) is 11.1 Å². The quantitative estimate of drug-likeness (QED) is 0.422. The first-order chi connectivity index (χ1) is 14.0. The van der Waals surface area contributed by atoms with Gasteiger partial charge in [-0.05, 0) is 55.8 Å². The van der Waals surface area contributed by atoms with Crippen molar-refractivity contribution in [3.8, 4) is 5.69 Å². The normalized spacial score (nSPS) is 13.4. The number of hydrogen-bond donors (Lipinski definition) is 0. The minimum absolute atomic E-state index is 0.303. The van der Waals surface area contributed by atoms with Gasteiger partial charge >= 0.3 is 0 Å². The first kappa shape index (κ1) is 17.8.